The average Bonchev–Trinajstić information content (AvgIpc) is 3.94. The van der Waals surface area contributed by atoms with Crippen LogP contribution in [0.3, 0.4) is 0 Å². The molecule has 0 radical (unpaired) electrons. The summed E-state index contributed by atoms with van der Waals surface area (Å²) in [6.07, 6.45) is 3.32. The Morgan fingerprint density at radius 2 is 1.94 bits per heavy atom. The molecule has 338 valence electrons. The first-order valence-electron chi connectivity index (χ1n) is 22.4. The average molecular weight is 882 g/mol. The van der Waals surface area contributed by atoms with Crippen LogP contribution in [-0.2, 0) is 43.2 Å². The Hall–Kier alpha value is -4.90. The van der Waals surface area contributed by atoms with Crippen molar-refractivity contribution in [3.05, 3.63) is 58.2 Å². The number of pyridine rings is 1. The monoisotopic (exact) mass is 881 g/mol. The number of nitrogens with one attached hydrogen (secondary N) is 2. The second kappa shape index (κ2) is 17.9. The lowest BCUT2D eigenvalue weighted by Gasteiger charge is -2.46. The van der Waals surface area contributed by atoms with Gasteiger partial charge in [0.2, 0.25) is 5.91 Å². The highest BCUT2D eigenvalue weighted by atomic mass is 32.1. The fraction of sp³-hybridized carbons (Fsp3) is 0.574. The third-order valence-corrected chi connectivity index (χ3v) is 14.3. The predicted molar refractivity (Wildman–Crippen MR) is 243 cm³/mol. The number of hydrazine groups is 1. The van der Waals surface area contributed by atoms with Crippen LogP contribution in [0.15, 0.2) is 41.9 Å². The van der Waals surface area contributed by atoms with Crippen molar-refractivity contribution in [2.45, 2.75) is 104 Å². The zero-order valence-electron chi connectivity index (χ0n) is 38.1. The molecular formula is C47H63N9O6S. The molecule has 6 atom stereocenters. The minimum absolute atomic E-state index is 0.118. The van der Waals surface area contributed by atoms with E-state index in [1.807, 2.05) is 37.1 Å². The van der Waals surface area contributed by atoms with Gasteiger partial charge >= 0.3 is 12.0 Å². The number of carbonyl (C=O) groups is 4. The number of amides is 4. The van der Waals surface area contributed by atoms with Crippen LogP contribution in [0.25, 0.3) is 33.4 Å². The van der Waals surface area contributed by atoms with Gasteiger partial charge in [0.25, 0.3) is 5.91 Å². The molecule has 3 fully saturated rings. The van der Waals surface area contributed by atoms with Crippen molar-refractivity contribution < 1.29 is 28.7 Å². The summed E-state index contributed by atoms with van der Waals surface area (Å²) in [5.41, 5.74) is 9.43. The summed E-state index contributed by atoms with van der Waals surface area (Å²) in [6.45, 7) is 15.8. The molecular weight excluding hydrogens is 819 g/mol. The minimum Gasteiger partial charge on any atom is -0.464 e. The molecule has 3 aromatic heterocycles. The van der Waals surface area contributed by atoms with Gasteiger partial charge in [-0.25, -0.2) is 15.2 Å². The topological polar surface area (TPSA) is 154 Å². The van der Waals surface area contributed by atoms with Crippen LogP contribution in [0.5, 0.6) is 0 Å². The lowest BCUT2D eigenvalue weighted by molar-refractivity contribution is -0.155. The van der Waals surface area contributed by atoms with Crippen molar-refractivity contribution in [2.24, 2.45) is 17.3 Å². The van der Waals surface area contributed by atoms with Gasteiger partial charge in [-0.2, -0.15) is 0 Å². The number of hydrogen-bond donors (Lipinski definition) is 2. The normalized spacial score (nSPS) is 23.8. The smallest absolute Gasteiger partial charge is 0.324 e. The molecule has 16 heteroatoms. The van der Waals surface area contributed by atoms with Crippen molar-refractivity contribution in [3.8, 4) is 22.5 Å². The number of thiazole rings is 1. The number of methoxy groups -OCH3 is 1. The number of aromatic nitrogens is 3. The third-order valence-electron chi connectivity index (χ3n) is 13.4. The number of nitrogens with zero attached hydrogens (tertiary/aromatic N) is 7. The van der Waals surface area contributed by atoms with Crippen LogP contribution < -0.4 is 10.7 Å². The van der Waals surface area contributed by atoms with Crippen molar-refractivity contribution in [3.63, 3.8) is 0 Å². The predicted octanol–water partition coefficient (Wildman–Crippen LogP) is 5.52. The molecule has 1 unspecified atom stereocenters. The number of cyclic esters (lactones) is 1. The van der Waals surface area contributed by atoms with Gasteiger partial charge in [-0.1, -0.05) is 33.8 Å². The highest BCUT2D eigenvalue weighted by Gasteiger charge is 2.49. The Morgan fingerprint density at radius 3 is 2.67 bits per heavy atom. The SMILES string of the molecule is CCn1c(-c2cccnc2[C@H](C)OC)c2c3cc(ccc31)-c1csc(n1)C[C@H](NC(=O)C(C(C)C)N(C)C(=O)N1C[C@H]3CN(C)C[C@H]31)C(=O)N1CCC[C@H](N1)C(=O)OCC(C)(C)C2. The molecule has 6 bridgehead atoms. The molecule has 2 N–H and O–H groups in total. The van der Waals surface area contributed by atoms with Gasteiger partial charge in [0, 0.05) is 98.2 Å². The highest BCUT2D eigenvalue weighted by Crippen LogP contribution is 2.42. The molecule has 1 aromatic carbocycles. The number of likely N-dealkylation sites (tertiary alicyclic amines) is 2. The second-order valence-electron chi connectivity index (χ2n) is 19.1. The van der Waals surface area contributed by atoms with Gasteiger partial charge in [-0.15, -0.1) is 11.3 Å². The Kier molecular flexibility index (Phi) is 12.7. The molecule has 3 saturated heterocycles. The Bertz CT molecular complexity index is 2380. The zero-order valence-corrected chi connectivity index (χ0v) is 39.0. The van der Waals surface area contributed by atoms with E-state index in [1.54, 1.807) is 20.4 Å². The van der Waals surface area contributed by atoms with E-state index in [9.17, 15) is 19.2 Å². The molecule has 0 aliphatic carbocycles. The summed E-state index contributed by atoms with van der Waals surface area (Å²) in [4.78, 5) is 72.3. The molecule has 8 rings (SSSR count). The summed E-state index contributed by atoms with van der Waals surface area (Å²) in [7, 11) is 5.44. The number of benzene rings is 1. The van der Waals surface area contributed by atoms with Gasteiger partial charge in [0.05, 0.1) is 40.8 Å². The molecule has 63 heavy (non-hydrogen) atoms. The van der Waals surface area contributed by atoms with E-state index in [0.717, 1.165) is 57.8 Å². The van der Waals surface area contributed by atoms with E-state index >= 15 is 0 Å². The lowest BCUT2D eigenvalue weighted by Crippen LogP contribution is -2.65. The summed E-state index contributed by atoms with van der Waals surface area (Å²) >= 11 is 1.44. The zero-order chi connectivity index (χ0) is 44.9. The van der Waals surface area contributed by atoms with Crippen LogP contribution in [0.1, 0.15) is 76.8 Å². The summed E-state index contributed by atoms with van der Waals surface area (Å²) in [6, 6.07) is 7.82. The van der Waals surface area contributed by atoms with Crippen LogP contribution in [-0.4, -0.2) is 136 Å². The van der Waals surface area contributed by atoms with Crippen molar-refractivity contribution in [1.29, 1.82) is 0 Å². The summed E-state index contributed by atoms with van der Waals surface area (Å²) in [5.74, 6) is -1.03. The number of aryl methyl sites for hydroxylation is 1. The van der Waals surface area contributed by atoms with Gasteiger partial charge in [0.1, 0.15) is 18.1 Å². The number of ether oxygens (including phenoxy) is 2. The quantitative estimate of drug-likeness (QED) is 0.216. The van der Waals surface area contributed by atoms with E-state index in [0.29, 0.717) is 49.8 Å². The van der Waals surface area contributed by atoms with Crippen LogP contribution in [0, 0.1) is 17.3 Å². The first-order chi connectivity index (χ1) is 30.1. The molecule has 15 nitrogen and oxygen atoms in total. The van der Waals surface area contributed by atoms with Crippen LogP contribution in [0.2, 0.25) is 0 Å². The third kappa shape index (κ3) is 8.71. The number of rotatable bonds is 8. The molecule has 7 heterocycles. The van der Waals surface area contributed by atoms with Crippen molar-refractivity contribution >= 4 is 46.1 Å². The molecule has 4 aliphatic rings. The summed E-state index contributed by atoms with van der Waals surface area (Å²) < 4.78 is 14.3. The number of carbonyl (C=O) groups excluding carboxylic acids is 4. The molecule has 0 saturated carbocycles. The second-order valence-corrected chi connectivity index (χ2v) is 20.0. The molecule has 0 spiro atoms. The van der Waals surface area contributed by atoms with E-state index in [2.05, 4.69) is 72.3 Å². The Morgan fingerprint density at radius 1 is 1.14 bits per heavy atom. The van der Waals surface area contributed by atoms with Gasteiger partial charge in [-0.3, -0.25) is 24.4 Å². The molecule has 4 aliphatic heterocycles. The van der Waals surface area contributed by atoms with Crippen molar-refractivity contribution in [2.75, 3.05) is 54.0 Å². The fourth-order valence-corrected chi connectivity index (χ4v) is 11.0. The number of fused-ring (bicyclic) bond motifs is 7. The van der Waals surface area contributed by atoms with Crippen LogP contribution in [0.4, 0.5) is 4.79 Å². The number of hydrogen-bond acceptors (Lipinski definition) is 11. The fourth-order valence-electron chi connectivity index (χ4n) is 10.1. The first kappa shape index (κ1) is 44.7. The van der Waals surface area contributed by atoms with E-state index in [-0.39, 0.29) is 43.0 Å². The lowest BCUT2D eigenvalue weighted by atomic mass is 9.84. The van der Waals surface area contributed by atoms with Gasteiger partial charge in [0.15, 0.2) is 0 Å². The largest absolute Gasteiger partial charge is 0.464 e. The highest BCUT2D eigenvalue weighted by molar-refractivity contribution is 7.10. The van der Waals surface area contributed by atoms with Crippen molar-refractivity contribution in [1.82, 2.24) is 45.0 Å². The maximum absolute atomic E-state index is 14.6. The van der Waals surface area contributed by atoms with Gasteiger partial charge < -0.3 is 34.1 Å². The van der Waals surface area contributed by atoms with E-state index in [4.69, 9.17) is 19.4 Å². The first-order valence-corrected chi connectivity index (χ1v) is 23.3. The standard InChI is InChI=1S/C47H63N9O6S/c1-10-54-37-16-15-29-19-32(37)33(42(54)31-13-11-17-48-40(31)28(4)61-9)21-47(5,6)26-62-45(59)34-14-12-18-56(51-34)44(58)35(20-39-49-36(29)25-63-39)50-43(57)41(27(2)3)53(8)46(60)55-23-30-22-52(7)24-38(30)55/h11,13,15-17,19,25,27-28,30,34-35,38,41,51H,10,12,14,18,20-24,26H2,1-9H3,(H,50,57)/t28-,30+,34-,35-,38+,41?/m0/s1. The van der Waals surface area contributed by atoms with Crippen LogP contribution >= 0.6 is 11.3 Å². The van der Waals surface area contributed by atoms with E-state index < -0.39 is 35.4 Å². The summed E-state index contributed by atoms with van der Waals surface area (Å²) in [5, 5.41) is 8.25. The Labute approximate surface area is 374 Å². The number of esters is 1. The molecule has 4 aromatic rings. The maximum Gasteiger partial charge on any atom is 0.324 e. The maximum atomic E-state index is 14.6. The van der Waals surface area contributed by atoms with Gasteiger partial charge in [-0.05, 0) is 75.9 Å². The van der Waals surface area contributed by atoms with E-state index in [1.165, 1.54) is 21.2 Å². The minimum atomic E-state index is -1.03. The number of likely N-dealkylation sites (N-methyl/N-ethyl adjacent to an activating group) is 2. The Balaban J connectivity index is 1.17. The molecule has 4 amide bonds. The number of urea groups is 1.